The molecule has 24 heavy (non-hydrogen) atoms. The quantitative estimate of drug-likeness (QED) is 0.735. The molecular formula is C19H20N4O. The predicted molar refractivity (Wildman–Crippen MR) is 94.8 cm³/mol. The van der Waals surface area contributed by atoms with Gasteiger partial charge in [0.2, 0.25) is 0 Å². The first kappa shape index (κ1) is 15.8. The largest absolute Gasteiger partial charge is 0.399 e. The number of carbonyl (C=O) groups excluding carboxylic acids is 1. The molecule has 3 rings (SSSR count). The van der Waals surface area contributed by atoms with Crippen LogP contribution in [0.2, 0.25) is 0 Å². The van der Waals surface area contributed by atoms with Crippen LogP contribution in [-0.2, 0) is 6.54 Å². The van der Waals surface area contributed by atoms with E-state index >= 15 is 0 Å². The average molecular weight is 320 g/mol. The molecule has 0 aliphatic rings. The van der Waals surface area contributed by atoms with Crippen molar-refractivity contribution in [2.45, 2.75) is 13.5 Å². The van der Waals surface area contributed by atoms with Crippen LogP contribution in [0.5, 0.6) is 0 Å². The number of nitrogens with two attached hydrogens (primary N) is 1. The number of aromatic nitrogens is 2. The highest BCUT2D eigenvalue weighted by Crippen LogP contribution is 2.13. The summed E-state index contributed by atoms with van der Waals surface area (Å²) in [5, 5.41) is 4.40. The highest BCUT2D eigenvalue weighted by Gasteiger charge is 2.17. The summed E-state index contributed by atoms with van der Waals surface area (Å²) in [4.78, 5) is 14.5. The van der Waals surface area contributed by atoms with Crippen molar-refractivity contribution in [1.82, 2.24) is 14.7 Å². The lowest BCUT2D eigenvalue weighted by molar-refractivity contribution is 0.0746. The van der Waals surface area contributed by atoms with Crippen molar-refractivity contribution in [2.24, 2.45) is 0 Å². The molecule has 0 bridgehead atoms. The zero-order valence-corrected chi connectivity index (χ0v) is 13.6. The monoisotopic (exact) mass is 320 g/mol. The molecule has 0 radical (unpaired) electrons. The van der Waals surface area contributed by atoms with Gasteiger partial charge in [-0.05, 0) is 36.8 Å². The molecule has 0 fully saturated rings. The number of hydrogen-bond donors (Lipinski definition) is 1. The van der Waals surface area contributed by atoms with Crippen molar-refractivity contribution < 1.29 is 4.79 Å². The summed E-state index contributed by atoms with van der Waals surface area (Å²) >= 11 is 0. The van der Waals surface area contributed by atoms with Gasteiger partial charge in [0.05, 0.1) is 5.69 Å². The van der Waals surface area contributed by atoms with Gasteiger partial charge in [-0.2, -0.15) is 5.10 Å². The van der Waals surface area contributed by atoms with Crippen LogP contribution in [0.4, 0.5) is 5.69 Å². The Bertz CT molecular complexity index is 826. The maximum atomic E-state index is 12.7. The molecule has 0 saturated carbocycles. The van der Waals surface area contributed by atoms with E-state index in [4.69, 9.17) is 5.73 Å². The van der Waals surface area contributed by atoms with Crippen LogP contribution in [0.1, 0.15) is 23.0 Å². The zero-order chi connectivity index (χ0) is 16.9. The second kappa shape index (κ2) is 7.00. The number of nitrogen functional groups attached to an aromatic ring is 1. The number of anilines is 1. The van der Waals surface area contributed by atoms with Gasteiger partial charge in [0.15, 0.2) is 5.69 Å². The summed E-state index contributed by atoms with van der Waals surface area (Å²) in [5.41, 5.74) is 8.82. The van der Waals surface area contributed by atoms with Gasteiger partial charge in [0.25, 0.3) is 5.91 Å². The average Bonchev–Trinajstić information content (AvgIpc) is 3.10. The Kier molecular flexibility index (Phi) is 4.61. The van der Waals surface area contributed by atoms with Crippen LogP contribution >= 0.6 is 0 Å². The molecule has 0 atom stereocenters. The first-order valence-electron chi connectivity index (χ1n) is 7.92. The Labute approximate surface area is 141 Å². The summed E-state index contributed by atoms with van der Waals surface area (Å²) in [7, 11) is 0. The van der Waals surface area contributed by atoms with Crippen LogP contribution in [0, 0.1) is 0 Å². The van der Waals surface area contributed by atoms with Gasteiger partial charge < -0.3 is 10.6 Å². The molecule has 5 heteroatoms. The second-order valence-electron chi connectivity index (χ2n) is 5.55. The number of carbonyl (C=O) groups is 1. The summed E-state index contributed by atoms with van der Waals surface area (Å²) in [6.07, 6.45) is 1.78. The number of rotatable bonds is 5. The summed E-state index contributed by atoms with van der Waals surface area (Å²) in [5.74, 6) is -0.0796. The number of nitrogens with zero attached hydrogens (tertiary/aromatic N) is 3. The fourth-order valence-electron chi connectivity index (χ4n) is 2.54. The molecule has 2 aromatic carbocycles. The lowest BCUT2D eigenvalue weighted by atomic mass is 10.2. The van der Waals surface area contributed by atoms with Crippen molar-refractivity contribution >= 4 is 11.6 Å². The zero-order valence-electron chi connectivity index (χ0n) is 13.6. The van der Waals surface area contributed by atoms with Crippen molar-refractivity contribution in [3.63, 3.8) is 0 Å². The molecule has 1 aromatic heterocycles. The van der Waals surface area contributed by atoms with Crippen molar-refractivity contribution in [3.8, 4) is 5.69 Å². The van der Waals surface area contributed by atoms with Gasteiger partial charge in [-0.15, -0.1) is 0 Å². The van der Waals surface area contributed by atoms with Gasteiger partial charge in [0.1, 0.15) is 0 Å². The third-order valence-electron chi connectivity index (χ3n) is 3.83. The Morgan fingerprint density at radius 2 is 1.92 bits per heavy atom. The highest BCUT2D eigenvalue weighted by atomic mass is 16.2. The Morgan fingerprint density at radius 1 is 1.12 bits per heavy atom. The number of hydrogen-bond acceptors (Lipinski definition) is 3. The standard InChI is InChI=1S/C19H20N4O/c1-2-22(14-15-7-4-3-5-8-15)19(24)18-11-12-23(21-18)17-10-6-9-16(20)13-17/h3-13H,2,14,20H2,1H3. The first-order valence-corrected chi connectivity index (χ1v) is 7.92. The minimum atomic E-state index is -0.0796. The third-order valence-corrected chi connectivity index (χ3v) is 3.83. The highest BCUT2D eigenvalue weighted by molar-refractivity contribution is 5.92. The van der Waals surface area contributed by atoms with E-state index < -0.39 is 0 Å². The van der Waals surface area contributed by atoms with Crippen molar-refractivity contribution in [2.75, 3.05) is 12.3 Å². The minimum Gasteiger partial charge on any atom is -0.399 e. The van der Waals surface area contributed by atoms with Crippen LogP contribution < -0.4 is 5.73 Å². The first-order chi connectivity index (χ1) is 11.7. The van der Waals surface area contributed by atoms with E-state index in [1.165, 1.54) is 0 Å². The van der Waals surface area contributed by atoms with E-state index in [1.807, 2.05) is 61.5 Å². The maximum absolute atomic E-state index is 12.7. The molecule has 0 saturated heterocycles. The van der Waals surface area contributed by atoms with E-state index in [2.05, 4.69) is 5.10 Å². The van der Waals surface area contributed by atoms with Gasteiger partial charge >= 0.3 is 0 Å². The van der Waals surface area contributed by atoms with Crippen molar-refractivity contribution in [3.05, 3.63) is 78.1 Å². The van der Waals surface area contributed by atoms with Crippen LogP contribution in [0.15, 0.2) is 66.9 Å². The minimum absolute atomic E-state index is 0.0796. The van der Waals surface area contributed by atoms with Gasteiger partial charge in [0, 0.05) is 25.0 Å². The van der Waals surface area contributed by atoms with E-state index in [1.54, 1.807) is 21.8 Å². The van der Waals surface area contributed by atoms with Crippen molar-refractivity contribution in [1.29, 1.82) is 0 Å². The molecule has 0 spiro atoms. The summed E-state index contributed by atoms with van der Waals surface area (Å²) in [6, 6.07) is 19.1. The van der Waals surface area contributed by atoms with E-state index in [-0.39, 0.29) is 5.91 Å². The normalized spacial score (nSPS) is 10.5. The molecule has 3 aromatic rings. The summed E-state index contributed by atoms with van der Waals surface area (Å²) in [6.45, 7) is 3.16. The third kappa shape index (κ3) is 3.46. The lowest BCUT2D eigenvalue weighted by Gasteiger charge is -2.19. The smallest absolute Gasteiger partial charge is 0.274 e. The summed E-state index contributed by atoms with van der Waals surface area (Å²) < 4.78 is 1.67. The van der Waals surface area contributed by atoms with Gasteiger partial charge in [-0.1, -0.05) is 36.4 Å². The fraction of sp³-hybridized carbons (Fsp3) is 0.158. The number of amides is 1. The van der Waals surface area contributed by atoms with Crippen LogP contribution in [0.25, 0.3) is 5.69 Å². The van der Waals surface area contributed by atoms with Crippen LogP contribution in [0.3, 0.4) is 0 Å². The molecule has 1 heterocycles. The van der Waals surface area contributed by atoms with E-state index in [0.717, 1.165) is 11.3 Å². The van der Waals surface area contributed by atoms with Gasteiger partial charge in [-0.3, -0.25) is 4.79 Å². The SMILES string of the molecule is CCN(Cc1ccccc1)C(=O)c1ccn(-c2cccc(N)c2)n1. The van der Waals surface area contributed by atoms with E-state index in [9.17, 15) is 4.79 Å². The Morgan fingerprint density at radius 3 is 2.62 bits per heavy atom. The van der Waals surface area contributed by atoms with E-state index in [0.29, 0.717) is 24.5 Å². The molecule has 0 unspecified atom stereocenters. The molecule has 0 aliphatic carbocycles. The predicted octanol–water partition coefficient (Wildman–Crippen LogP) is 3.12. The fourth-order valence-corrected chi connectivity index (χ4v) is 2.54. The number of benzene rings is 2. The molecule has 0 aliphatic heterocycles. The maximum Gasteiger partial charge on any atom is 0.274 e. The molecule has 122 valence electrons. The molecule has 2 N–H and O–H groups in total. The molecular weight excluding hydrogens is 300 g/mol. The topological polar surface area (TPSA) is 64.2 Å². The van der Waals surface area contributed by atoms with Gasteiger partial charge in [-0.25, -0.2) is 4.68 Å². The Balaban J connectivity index is 1.79. The molecule has 5 nitrogen and oxygen atoms in total. The lowest BCUT2D eigenvalue weighted by Crippen LogP contribution is -2.30. The van der Waals surface area contributed by atoms with Crippen LogP contribution in [-0.4, -0.2) is 27.1 Å². The Hall–Kier alpha value is -3.08. The molecule has 1 amide bonds. The second-order valence-corrected chi connectivity index (χ2v) is 5.55.